The van der Waals surface area contributed by atoms with Gasteiger partial charge in [-0.2, -0.15) is 0 Å². The van der Waals surface area contributed by atoms with Crippen molar-refractivity contribution in [3.8, 4) is 0 Å². The van der Waals surface area contributed by atoms with E-state index in [9.17, 15) is 19.2 Å². The van der Waals surface area contributed by atoms with Gasteiger partial charge in [0.25, 0.3) is 5.56 Å². The Labute approximate surface area is 190 Å². The number of halogens is 1. The van der Waals surface area contributed by atoms with E-state index in [0.717, 1.165) is 17.0 Å². The van der Waals surface area contributed by atoms with Crippen LogP contribution < -0.4 is 5.56 Å². The molecule has 4 heterocycles. The van der Waals surface area contributed by atoms with Crippen LogP contribution in [-0.2, 0) is 26.3 Å². The lowest BCUT2D eigenvalue weighted by Crippen LogP contribution is -2.51. The number of pyridine rings is 1. The fourth-order valence-electron chi connectivity index (χ4n) is 5.65. The van der Waals surface area contributed by atoms with Crippen molar-refractivity contribution in [2.75, 3.05) is 20.1 Å². The molecule has 8 heteroatoms. The predicted molar refractivity (Wildman–Crippen MR) is 118 cm³/mol. The van der Waals surface area contributed by atoms with Crippen LogP contribution in [-0.4, -0.2) is 52.2 Å². The molecule has 3 atom stereocenters. The number of likely N-dealkylation sites (tertiary alicyclic amines) is 2. The normalized spacial score (nSPS) is 26.9. The Balaban J connectivity index is 1.46. The number of imide groups is 1. The van der Waals surface area contributed by atoms with E-state index >= 15 is 0 Å². The van der Waals surface area contributed by atoms with Crippen LogP contribution in [0.3, 0.4) is 0 Å². The van der Waals surface area contributed by atoms with Crippen molar-refractivity contribution in [1.29, 1.82) is 0 Å². The second-order valence-corrected chi connectivity index (χ2v) is 9.58. The monoisotopic (exact) mass is 453 g/mol. The quantitative estimate of drug-likeness (QED) is 0.667. The van der Waals surface area contributed by atoms with Gasteiger partial charge in [-0.3, -0.25) is 24.1 Å². The van der Waals surface area contributed by atoms with Crippen LogP contribution in [0.5, 0.6) is 0 Å². The number of amides is 3. The zero-order chi connectivity index (χ0) is 22.6. The number of carbonyl (C=O) groups excluding carboxylic acids is 3. The summed E-state index contributed by atoms with van der Waals surface area (Å²) in [5, 5.41) is 0.376. The highest BCUT2D eigenvalue weighted by atomic mass is 35.5. The van der Waals surface area contributed by atoms with Gasteiger partial charge < -0.3 is 9.47 Å². The summed E-state index contributed by atoms with van der Waals surface area (Å²) >= 11 is 6.43. The largest absolute Gasteiger partial charge is 0.342 e. The first kappa shape index (κ1) is 20.9. The summed E-state index contributed by atoms with van der Waals surface area (Å²) in [5.74, 6) is -0.599. The molecule has 0 spiro atoms. The fourth-order valence-corrected chi connectivity index (χ4v) is 5.97. The maximum atomic E-state index is 13.5. The third kappa shape index (κ3) is 3.18. The van der Waals surface area contributed by atoms with Gasteiger partial charge in [-0.15, -0.1) is 0 Å². The van der Waals surface area contributed by atoms with Crippen molar-refractivity contribution < 1.29 is 14.4 Å². The van der Waals surface area contributed by atoms with Gasteiger partial charge in [-0.25, -0.2) is 0 Å². The third-order valence-electron chi connectivity index (χ3n) is 7.22. The van der Waals surface area contributed by atoms with Crippen LogP contribution in [0.1, 0.15) is 36.4 Å². The van der Waals surface area contributed by atoms with Crippen molar-refractivity contribution in [2.24, 2.45) is 5.92 Å². The van der Waals surface area contributed by atoms with E-state index in [1.165, 1.54) is 7.05 Å². The van der Waals surface area contributed by atoms with Crippen LogP contribution in [0.15, 0.2) is 47.3 Å². The molecule has 5 rings (SSSR count). The maximum absolute atomic E-state index is 13.5. The van der Waals surface area contributed by atoms with Gasteiger partial charge in [0.15, 0.2) is 0 Å². The van der Waals surface area contributed by atoms with Crippen molar-refractivity contribution in [3.05, 3.63) is 69.1 Å². The molecule has 2 saturated heterocycles. The number of fused-ring (bicyclic) bond motifs is 4. The van der Waals surface area contributed by atoms with Gasteiger partial charge >= 0.3 is 0 Å². The molecule has 32 heavy (non-hydrogen) atoms. The Morgan fingerprint density at radius 2 is 1.84 bits per heavy atom. The molecule has 0 saturated carbocycles. The molecule has 1 aromatic heterocycles. The van der Waals surface area contributed by atoms with E-state index in [-0.39, 0.29) is 42.1 Å². The number of piperidine rings is 1. The molecule has 0 N–H and O–H groups in total. The summed E-state index contributed by atoms with van der Waals surface area (Å²) in [7, 11) is 1.45. The van der Waals surface area contributed by atoms with Gasteiger partial charge in [0, 0.05) is 62.2 Å². The lowest BCUT2D eigenvalue weighted by atomic mass is 9.75. The molecule has 0 radical (unpaired) electrons. The minimum atomic E-state index is -1.29. The van der Waals surface area contributed by atoms with Crippen LogP contribution >= 0.6 is 11.6 Å². The van der Waals surface area contributed by atoms with E-state index < -0.39 is 11.3 Å². The Morgan fingerprint density at radius 3 is 2.56 bits per heavy atom. The zero-order valence-corrected chi connectivity index (χ0v) is 18.5. The average Bonchev–Trinajstić information content (AvgIpc) is 2.99. The minimum Gasteiger partial charge on any atom is -0.342 e. The topological polar surface area (TPSA) is 79.7 Å². The summed E-state index contributed by atoms with van der Waals surface area (Å²) in [5.41, 5.74) is 0.182. The molecule has 3 aliphatic rings. The first-order valence-electron chi connectivity index (χ1n) is 10.8. The summed E-state index contributed by atoms with van der Waals surface area (Å²) in [6.45, 7) is 1.62. The van der Waals surface area contributed by atoms with Gasteiger partial charge in [-0.1, -0.05) is 35.9 Å². The van der Waals surface area contributed by atoms with Crippen LogP contribution in [0.4, 0.5) is 0 Å². The van der Waals surface area contributed by atoms with Crippen molar-refractivity contribution >= 4 is 29.3 Å². The van der Waals surface area contributed by atoms with E-state index in [1.54, 1.807) is 41.3 Å². The number of carbonyl (C=O) groups is 3. The number of hydrogen-bond acceptors (Lipinski definition) is 4. The molecular weight excluding hydrogens is 430 g/mol. The Morgan fingerprint density at radius 1 is 1.06 bits per heavy atom. The van der Waals surface area contributed by atoms with E-state index in [0.29, 0.717) is 30.2 Å². The first-order chi connectivity index (χ1) is 15.3. The smallest absolute Gasteiger partial charge is 0.250 e. The fraction of sp³-hybridized carbons (Fsp3) is 0.417. The maximum Gasteiger partial charge on any atom is 0.250 e. The number of rotatable bonds is 3. The number of hydrogen-bond donors (Lipinski definition) is 0. The Hall–Kier alpha value is -2.93. The Bertz CT molecular complexity index is 1190. The molecule has 2 fully saturated rings. The number of likely N-dealkylation sites (N-methyl/N-ethyl adjacent to an activating group) is 1. The molecule has 166 valence electrons. The summed E-state index contributed by atoms with van der Waals surface area (Å²) in [6, 6.07) is 12.2. The number of benzene rings is 1. The van der Waals surface area contributed by atoms with Gasteiger partial charge in [0.05, 0.1) is 5.41 Å². The molecule has 1 aromatic carbocycles. The van der Waals surface area contributed by atoms with Gasteiger partial charge in [-0.05, 0) is 30.0 Å². The summed E-state index contributed by atoms with van der Waals surface area (Å²) in [4.78, 5) is 54.4. The van der Waals surface area contributed by atoms with Gasteiger partial charge in [0.2, 0.25) is 17.7 Å². The van der Waals surface area contributed by atoms with Crippen molar-refractivity contribution in [3.63, 3.8) is 0 Å². The van der Waals surface area contributed by atoms with Crippen LogP contribution in [0.2, 0.25) is 5.02 Å². The molecule has 0 unspecified atom stereocenters. The summed E-state index contributed by atoms with van der Waals surface area (Å²) < 4.78 is 1.82. The third-order valence-corrected chi connectivity index (χ3v) is 7.55. The highest BCUT2D eigenvalue weighted by Gasteiger charge is 2.54. The highest BCUT2D eigenvalue weighted by molar-refractivity contribution is 6.32. The standard InChI is InChI=1S/C24H24ClN3O4/c1-26-21(30)10-24(23(26)32,17-5-2-3-6-18(17)25)11-22(31)27-12-15-9-16(14-27)19-7-4-8-20(29)28(19)13-15/h2-8,15-16H,9-14H2,1H3/t15-,16+,24-/m1/s1. The molecule has 2 aromatic rings. The zero-order valence-electron chi connectivity index (χ0n) is 17.8. The second kappa shape index (κ2) is 7.59. The van der Waals surface area contributed by atoms with Crippen LogP contribution in [0, 0.1) is 5.92 Å². The SMILES string of the molecule is CN1C(=O)C[C@@](CC(=O)N2C[C@H]3C[C@@H](C2)c2cccc(=O)n2C3)(c2ccccc2Cl)C1=O. The van der Waals surface area contributed by atoms with Crippen molar-refractivity contribution in [2.45, 2.75) is 37.1 Å². The molecule has 2 bridgehead atoms. The molecule has 7 nitrogen and oxygen atoms in total. The van der Waals surface area contributed by atoms with E-state index in [1.807, 2.05) is 10.6 Å². The number of nitrogens with zero attached hydrogens (tertiary/aromatic N) is 3. The Kier molecular flexibility index (Phi) is 4.97. The molecular formula is C24H24ClN3O4. The van der Waals surface area contributed by atoms with Gasteiger partial charge in [0.1, 0.15) is 0 Å². The minimum absolute atomic E-state index is 0.00671. The molecule has 3 aliphatic heterocycles. The molecule has 3 amide bonds. The lowest BCUT2D eigenvalue weighted by molar-refractivity contribution is -0.142. The predicted octanol–water partition coefficient (Wildman–Crippen LogP) is 2.16. The summed E-state index contributed by atoms with van der Waals surface area (Å²) in [6.07, 6.45) is 0.756. The first-order valence-corrected chi connectivity index (χ1v) is 11.2. The lowest BCUT2D eigenvalue weighted by Gasteiger charge is -2.43. The second-order valence-electron chi connectivity index (χ2n) is 9.17. The van der Waals surface area contributed by atoms with Crippen LogP contribution in [0.25, 0.3) is 0 Å². The van der Waals surface area contributed by atoms with E-state index in [4.69, 9.17) is 11.6 Å². The number of aromatic nitrogens is 1. The molecule has 0 aliphatic carbocycles. The average molecular weight is 454 g/mol. The van der Waals surface area contributed by atoms with E-state index in [2.05, 4.69) is 0 Å². The van der Waals surface area contributed by atoms with Crippen molar-refractivity contribution in [1.82, 2.24) is 14.4 Å². The highest BCUT2D eigenvalue weighted by Crippen LogP contribution is 2.43.